The third kappa shape index (κ3) is 5.53. The van der Waals surface area contributed by atoms with Crippen LogP contribution in [-0.2, 0) is 0 Å². The molecule has 0 spiro atoms. The van der Waals surface area contributed by atoms with E-state index in [-0.39, 0.29) is 0 Å². The number of rotatable bonds is 3. The van der Waals surface area contributed by atoms with Gasteiger partial charge in [0.15, 0.2) is 0 Å². The van der Waals surface area contributed by atoms with Crippen molar-refractivity contribution in [2.75, 3.05) is 19.6 Å². The first-order valence-corrected chi connectivity index (χ1v) is 6.35. The summed E-state index contributed by atoms with van der Waals surface area (Å²) in [7, 11) is 0. The quantitative estimate of drug-likeness (QED) is 0.773. The van der Waals surface area contributed by atoms with Crippen LogP contribution < -0.4 is 5.32 Å². The molecule has 15 heavy (non-hydrogen) atoms. The lowest BCUT2D eigenvalue weighted by Crippen LogP contribution is -2.46. The maximum absolute atomic E-state index is 3.64. The Morgan fingerprint density at radius 2 is 1.73 bits per heavy atom. The lowest BCUT2D eigenvalue weighted by atomic mass is 9.94. The molecule has 0 aromatic heterocycles. The predicted octanol–water partition coefficient (Wildman–Crippen LogP) is 2.49. The van der Waals surface area contributed by atoms with Gasteiger partial charge in [-0.25, -0.2) is 0 Å². The van der Waals surface area contributed by atoms with E-state index in [1.807, 2.05) is 0 Å². The Hall–Kier alpha value is -0.0800. The zero-order valence-corrected chi connectivity index (χ0v) is 11.1. The van der Waals surface area contributed by atoms with Gasteiger partial charge in [0, 0.05) is 18.6 Å². The van der Waals surface area contributed by atoms with Gasteiger partial charge in [0.2, 0.25) is 0 Å². The lowest BCUT2D eigenvalue weighted by Gasteiger charge is -2.36. The first kappa shape index (κ1) is 13.0. The molecule has 1 rings (SSSR count). The number of hydrogen-bond donors (Lipinski definition) is 1. The summed E-state index contributed by atoms with van der Waals surface area (Å²) >= 11 is 0. The monoisotopic (exact) mass is 212 g/mol. The maximum Gasteiger partial charge on any atom is 0.00937 e. The highest BCUT2D eigenvalue weighted by Crippen LogP contribution is 2.19. The summed E-state index contributed by atoms with van der Waals surface area (Å²) in [6.45, 7) is 15.2. The lowest BCUT2D eigenvalue weighted by molar-refractivity contribution is 0.144. The van der Waals surface area contributed by atoms with Gasteiger partial charge in [-0.15, -0.1) is 0 Å². The molecule has 0 aromatic rings. The second-order valence-electron chi connectivity index (χ2n) is 6.43. The molecule has 0 atom stereocenters. The van der Waals surface area contributed by atoms with E-state index in [4.69, 9.17) is 0 Å². The summed E-state index contributed by atoms with van der Waals surface area (Å²) in [5.41, 5.74) is 0.443. The molecule has 0 saturated carbocycles. The molecule has 0 bridgehead atoms. The highest BCUT2D eigenvalue weighted by atomic mass is 15.1. The first-order chi connectivity index (χ1) is 6.87. The van der Waals surface area contributed by atoms with E-state index in [0.29, 0.717) is 11.5 Å². The van der Waals surface area contributed by atoms with Crippen molar-refractivity contribution in [3.05, 3.63) is 0 Å². The molecule has 1 N–H and O–H groups in total. The minimum absolute atomic E-state index is 0.443. The van der Waals surface area contributed by atoms with Gasteiger partial charge < -0.3 is 10.2 Å². The summed E-state index contributed by atoms with van der Waals surface area (Å²) in [6, 6.07) is 1.38. The second kappa shape index (κ2) is 5.31. The topological polar surface area (TPSA) is 15.3 Å². The van der Waals surface area contributed by atoms with Crippen molar-refractivity contribution in [3.8, 4) is 0 Å². The number of piperidine rings is 1. The Morgan fingerprint density at radius 1 is 1.20 bits per heavy atom. The third-order valence-electron chi connectivity index (χ3n) is 2.85. The van der Waals surface area contributed by atoms with E-state index in [2.05, 4.69) is 44.8 Å². The van der Waals surface area contributed by atoms with Crippen molar-refractivity contribution < 1.29 is 0 Å². The van der Waals surface area contributed by atoms with Crippen molar-refractivity contribution in [1.82, 2.24) is 10.2 Å². The molecule has 90 valence electrons. The molecular formula is C13H28N2. The molecule has 1 heterocycles. The van der Waals surface area contributed by atoms with Gasteiger partial charge in [-0.3, -0.25) is 0 Å². The van der Waals surface area contributed by atoms with Crippen LogP contribution in [0.5, 0.6) is 0 Å². The Balaban J connectivity index is 2.24. The Kier molecular flexibility index (Phi) is 4.60. The molecule has 2 heteroatoms. The third-order valence-corrected chi connectivity index (χ3v) is 2.85. The summed E-state index contributed by atoms with van der Waals surface area (Å²) in [5.74, 6) is 0. The molecule has 1 aliphatic rings. The average Bonchev–Trinajstić information content (AvgIpc) is 2.05. The van der Waals surface area contributed by atoms with E-state index < -0.39 is 0 Å². The van der Waals surface area contributed by atoms with E-state index in [1.54, 1.807) is 0 Å². The van der Waals surface area contributed by atoms with Crippen molar-refractivity contribution in [2.24, 2.45) is 5.41 Å². The van der Waals surface area contributed by atoms with Crippen LogP contribution in [-0.4, -0.2) is 36.6 Å². The van der Waals surface area contributed by atoms with Gasteiger partial charge in [-0.2, -0.15) is 0 Å². The fourth-order valence-corrected chi connectivity index (χ4v) is 2.40. The molecule has 0 aromatic carbocycles. The summed E-state index contributed by atoms with van der Waals surface area (Å²) in [6.07, 6.45) is 2.63. The van der Waals surface area contributed by atoms with Crippen LogP contribution in [0.4, 0.5) is 0 Å². The predicted molar refractivity (Wildman–Crippen MR) is 67.2 cm³/mol. The van der Waals surface area contributed by atoms with Gasteiger partial charge in [0.1, 0.15) is 0 Å². The zero-order chi connectivity index (χ0) is 11.5. The van der Waals surface area contributed by atoms with Crippen LogP contribution in [0.2, 0.25) is 0 Å². The number of nitrogens with one attached hydrogen (secondary N) is 1. The molecule has 0 aliphatic carbocycles. The smallest absolute Gasteiger partial charge is 0.00937 e. The van der Waals surface area contributed by atoms with Gasteiger partial charge in [-0.1, -0.05) is 34.6 Å². The highest BCUT2D eigenvalue weighted by molar-refractivity contribution is 4.80. The van der Waals surface area contributed by atoms with Crippen LogP contribution >= 0.6 is 0 Å². The minimum atomic E-state index is 0.443. The van der Waals surface area contributed by atoms with Crippen LogP contribution in [0.3, 0.4) is 0 Å². The van der Waals surface area contributed by atoms with Crippen LogP contribution in [0, 0.1) is 5.41 Å². The Bertz CT molecular complexity index is 173. The average molecular weight is 212 g/mol. The Morgan fingerprint density at radius 3 is 2.13 bits per heavy atom. The van der Waals surface area contributed by atoms with Gasteiger partial charge in [0.25, 0.3) is 0 Å². The molecule has 0 amide bonds. The van der Waals surface area contributed by atoms with Crippen LogP contribution in [0.1, 0.15) is 47.5 Å². The molecule has 0 unspecified atom stereocenters. The molecule has 1 fully saturated rings. The SMILES string of the molecule is CC(C)NC1CCN(CC(C)(C)C)CC1. The maximum atomic E-state index is 3.64. The van der Waals surface area contributed by atoms with Crippen LogP contribution in [0.25, 0.3) is 0 Å². The Labute approximate surface area is 95.4 Å². The van der Waals surface area contributed by atoms with Crippen LogP contribution in [0.15, 0.2) is 0 Å². The van der Waals surface area contributed by atoms with Crippen molar-refractivity contribution >= 4 is 0 Å². The van der Waals surface area contributed by atoms with Gasteiger partial charge >= 0.3 is 0 Å². The van der Waals surface area contributed by atoms with Gasteiger partial charge in [0.05, 0.1) is 0 Å². The first-order valence-electron chi connectivity index (χ1n) is 6.35. The summed E-state index contributed by atoms with van der Waals surface area (Å²) in [4.78, 5) is 2.61. The van der Waals surface area contributed by atoms with Crippen molar-refractivity contribution in [1.29, 1.82) is 0 Å². The standard InChI is InChI=1S/C13H28N2/c1-11(2)14-12-6-8-15(9-7-12)10-13(3,4)5/h11-12,14H,6-10H2,1-5H3. The largest absolute Gasteiger partial charge is 0.312 e. The molecule has 1 saturated heterocycles. The second-order valence-corrected chi connectivity index (χ2v) is 6.43. The van der Waals surface area contributed by atoms with E-state index >= 15 is 0 Å². The van der Waals surface area contributed by atoms with E-state index in [0.717, 1.165) is 6.04 Å². The fourth-order valence-electron chi connectivity index (χ4n) is 2.40. The minimum Gasteiger partial charge on any atom is -0.312 e. The highest BCUT2D eigenvalue weighted by Gasteiger charge is 2.22. The molecule has 2 nitrogen and oxygen atoms in total. The number of likely N-dealkylation sites (tertiary alicyclic amines) is 1. The summed E-state index contributed by atoms with van der Waals surface area (Å²) < 4.78 is 0. The zero-order valence-electron chi connectivity index (χ0n) is 11.1. The molecular weight excluding hydrogens is 184 g/mol. The number of nitrogens with zero attached hydrogens (tertiary/aromatic N) is 1. The normalized spacial score (nSPS) is 21.2. The van der Waals surface area contributed by atoms with Gasteiger partial charge in [-0.05, 0) is 31.3 Å². The molecule has 1 aliphatic heterocycles. The van der Waals surface area contributed by atoms with E-state index in [1.165, 1.54) is 32.5 Å². The van der Waals surface area contributed by atoms with Crippen molar-refractivity contribution in [3.63, 3.8) is 0 Å². The van der Waals surface area contributed by atoms with E-state index in [9.17, 15) is 0 Å². The summed E-state index contributed by atoms with van der Waals surface area (Å²) in [5, 5.41) is 3.64. The fraction of sp³-hybridized carbons (Fsp3) is 1.00. The van der Waals surface area contributed by atoms with Crippen molar-refractivity contribution in [2.45, 2.75) is 59.5 Å². The molecule has 0 radical (unpaired) electrons. The number of hydrogen-bond acceptors (Lipinski definition) is 2.